The first kappa shape index (κ1) is 9.26. The molecule has 0 aromatic heterocycles. The van der Waals surface area contributed by atoms with Crippen molar-refractivity contribution in [1.29, 1.82) is 0 Å². The van der Waals surface area contributed by atoms with Crippen LogP contribution >= 0.6 is 0 Å². The van der Waals surface area contributed by atoms with Crippen molar-refractivity contribution in [1.82, 2.24) is 0 Å². The van der Waals surface area contributed by atoms with E-state index in [4.69, 9.17) is 5.73 Å². The molecule has 0 aliphatic heterocycles. The molecule has 74 valence electrons. The van der Waals surface area contributed by atoms with E-state index in [-0.39, 0.29) is 0 Å². The molecule has 2 fully saturated rings. The summed E-state index contributed by atoms with van der Waals surface area (Å²) in [4.78, 5) is 0. The Balaban J connectivity index is 1.81. The molecule has 0 saturated heterocycles. The van der Waals surface area contributed by atoms with Crippen molar-refractivity contribution in [3.05, 3.63) is 12.2 Å². The normalized spacial score (nSPS) is 39.4. The number of fused-ring (bicyclic) bond motifs is 1. The first-order valence-corrected chi connectivity index (χ1v) is 5.56. The minimum atomic E-state index is 0.388. The fourth-order valence-electron chi connectivity index (χ4n) is 2.85. The molecule has 1 heteroatoms. The summed E-state index contributed by atoms with van der Waals surface area (Å²) in [6.45, 7) is 6.03. The number of rotatable bonds is 3. The lowest BCUT2D eigenvalue weighted by Gasteiger charge is -2.27. The largest absolute Gasteiger partial charge is 0.327 e. The van der Waals surface area contributed by atoms with Gasteiger partial charge in [0.25, 0.3) is 0 Å². The molecule has 2 rings (SSSR count). The monoisotopic (exact) mass is 179 g/mol. The van der Waals surface area contributed by atoms with Crippen molar-refractivity contribution in [2.45, 2.75) is 45.1 Å². The van der Waals surface area contributed by atoms with Crippen LogP contribution in [0.15, 0.2) is 12.2 Å². The van der Waals surface area contributed by atoms with Crippen molar-refractivity contribution in [2.75, 3.05) is 0 Å². The van der Waals surface area contributed by atoms with Gasteiger partial charge < -0.3 is 5.73 Å². The SMILES string of the molecule is C=C(C)CC(N)C1CCC2CC2C1. The topological polar surface area (TPSA) is 26.0 Å². The first-order chi connectivity index (χ1) is 6.16. The third-order valence-corrected chi connectivity index (χ3v) is 3.77. The molecule has 0 amide bonds. The predicted octanol–water partition coefficient (Wildman–Crippen LogP) is 2.72. The van der Waals surface area contributed by atoms with Gasteiger partial charge in [-0.3, -0.25) is 0 Å². The molecule has 1 nitrogen and oxygen atoms in total. The van der Waals surface area contributed by atoms with Crippen molar-refractivity contribution in [3.63, 3.8) is 0 Å². The zero-order valence-electron chi connectivity index (χ0n) is 8.63. The molecule has 0 aromatic rings. The molecule has 2 saturated carbocycles. The molecular weight excluding hydrogens is 158 g/mol. The Bertz CT molecular complexity index is 209. The molecule has 4 unspecified atom stereocenters. The highest BCUT2D eigenvalue weighted by Crippen LogP contribution is 2.52. The summed E-state index contributed by atoms with van der Waals surface area (Å²) in [6.07, 6.45) is 6.74. The maximum absolute atomic E-state index is 6.17. The van der Waals surface area contributed by atoms with Gasteiger partial charge in [0.15, 0.2) is 0 Å². The quantitative estimate of drug-likeness (QED) is 0.662. The summed E-state index contributed by atoms with van der Waals surface area (Å²) in [6, 6.07) is 0.388. The zero-order valence-corrected chi connectivity index (χ0v) is 8.63. The summed E-state index contributed by atoms with van der Waals surface area (Å²) < 4.78 is 0. The lowest BCUT2D eigenvalue weighted by molar-refractivity contribution is 0.292. The van der Waals surface area contributed by atoms with Gasteiger partial charge in [-0.15, -0.1) is 6.58 Å². The highest BCUT2D eigenvalue weighted by molar-refractivity contribution is 4.99. The predicted molar refractivity (Wildman–Crippen MR) is 56.3 cm³/mol. The Hall–Kier alpha value is -0.300. The second kappa shape index (κ2) is 3.45. The lowest BCUT2D eigenvalue weighted by atomic mass is 9.82. The molecule has 0 aromatic carbocycles. The van der Waals surface area contributed by atoms with Crippen LogP contribution in [0.4, 0.5) is 0 Å². The summed E-state index contributed by atoms with van der Waals surface area (Å²) >= 11 is 0. The van der Waals surface area contributed by atoms with E-state index in [2.05, 4.69) is 13.5 Å². The Morgan fingerprint density at radius 1 is 1.38 bits per heavy atom. The number of nitrogens with two attached hydrogens (primary N) is 1. The molecule has 2 aliphatic carbocycles. The van der Waals surface area contributed by atoms with Gasteiger partial charge in [0.1, 0.15) is 0 Å². The average molecular weight is 179 g/mol. The highest BCUT2D eigenvalue weighted by Gasteiger charge is 2.43. The molecule has 0 spiro atoms. The van der Waals surface area contributed by atoms with E-state index < -0.39 is 0 Å². The van der Waals surface area contributed by atoms with Crippen molar-refractivity contribution in [3.8, 4) is 0 Å². The van der Waals surface area contributed by atoms with E-state index in [0.29, 0.717) is 6.04 Å². The third-order valence-electron chi connectivity index (χ3n) is 3.77. The van der Waals surface area contributed by atoms with Crippen molar-refractivity contribution in [2.24, 2.45) is 23.5 Å². The summed E-state index contributed by atoms with van der Waals surface area (Å²) in [5.74, 6) is 2.93. The van der Waals surface area contributed by atoms with Crippen LogP contribution < -0.4 is 5.73 Å². The first-order valence-electron chi connectivity index (χ1n) is 5.56. The van der Waals surface area contributed by atoms with Gasteiger partial charge in [0.2, 0.25) is 0 Å². The van der Waals surface area contributed by atoms with E-state index in [1.54, 1.807) is 0 Å². The van der Waals surface area contributed by atoms with Crippen molar-refractivity contribution < 1.29 is 0 Å². The second-order valence-electron chi connectivity index (χ2n) is 5.15. The van der Waals surface area contributed by atoms with Crippen LogP contribution in [0.25, 0.3) is 0 Å². The zero-order chi connectivity index (χ0) is 9.42. The minimum absolute atomic E-state index is 0.388. The minimum Gasteiger partial charge on any atom is -0.327 e. The van der Waals surface area contributed by atoms with Crippen LogP contribution in [-0.4, -0.2) is 6.04 Å². The molecular formula is C12H21N. The maximum Gasteiger partial charge on any atom is 0.0104 e. The lowest BCUT2D eigenvalue weighted by Crippen LogP contribution is -2.32. The van der Waals surface area contributed by atoms with E-state index in [9.17, 15) is 0 Å². The maximum atomic E-state index is 6.17. The Kier molecular flexibility index (Phi) is 2.46. The fourth-order valence-corrected chi connectivity index (χ4v) is 2.85. The smallest absolute Gasteiger partial charge is 0.0104 e. The van der Waals surface area contributed by atoms with Gasteiger partial charge >= 0.3 is 0 Å². The van der Waals surface area contributed by atoms with Crippen molar-refractivity contribution >= 4 is 0 Å². The molecule has 0 heterocycles. The van der Waals surface area contributed by atoms with Gasteiger partial charge in [-0.1, -0.05) is 5.57 Å². The van der Waals surface area contributed by atoms with Crippen LogP contribution in [-0.2, 0) is 0 Å². The Morgan fingerprint density at radius 2 is 2.15 bits per heavy atom. The van der Waals surface area contributed by atoms with Gasteiger partial charge in [-0.2, -0.15) is 0 Å². The van der Waals surface area contributed by atoms with Gasteiger partial charge in [-0.05, 0) is 56.8 Å². The molecule has 0 radical (unpaired) electrons. The summed E-state index contributed by atoms with van der Waals surface area (Å²) in [5.41, 5.74) is 7.41. The molecule has 13 heavy (non-hydrogen) atoms. The Morgan fingerprint density at radius 3 is 2.77 bits per heavy atom. The van der Waals surface area contributed by atoms with Gasteiger partial charge in [0, 0.05) is 6.04 Å². The van der Waals surface area contributed by atoms with Crippen LogP contribution in [0.5, 0.6) is 0 Å². The number of hydrogen-bond donors (Lipinski definition) is 1. The molecule has 2 N–H and O–H groups in total. The summed E-state index contributed by atoms with van der Waals surface area (Å²) in [5, 5.41) is 0. The Labute approximate surface area is 81.4 Å². The van der Waals surface area contributed by atoms with Crippen LogP contribution in [0.3, 0.4) is 0 Å². The highest BCUT2D eigenvalue weighted by atomic mass is 14.7. The fraction of sp³-hybridized carbons (Fsp3) is 0.833. The van der Waals surface area contributed by atoms with Gasteiger partial charge in [-0.25, -0.2) is 0 Å². The third kappa shape index (κ3) is 2.14. The van der Waals surface area contributed by atoms with E-state index in [0.717, 1.165) is 24.2 Å². The van der Waals surface area contributed by atoms with Crippen LogP contribution in [0.1, 0.15) is 39.0 Å². The summed E-state index contributed by atoms with van der Waals surface area (Å²) in [7, 11) is 0. The van der Waals surface area contributed by atoms with Gasteiger partial charge in [0.05, 0.1) is 0 Å². The molecule has 2 aliphatic rings. The van der Waals surface area contributed by atoms with Crippen LogP contribution in [0.2, 0.25) is 0 Å². The second-order valence-corrected chi connectivity index (χ2v) is 5.15. The van der Waals surface area contributed by atoms with E-state index >= 15 is 0 Å². The van der Waals surface area contributed by atoms with E-state index in [1.165, 1.54) is 31.3 Å². The number of hydrogen-bond acceptors (Lipinski definition) is 1. The standard InChI is InChI=1S/C12H21N/c1-8(2)5-12(13)10-4-3-9-6-11(9)7-10/h9-12H,1,3-7,13H2,2H3. The van der Waals surface area contributed by atoms with E-state index in [1.807, 2.05) is 0 Å². The average Bonchev–Trinajstić information content (AvgIpc) is 2.79. The van der Waals surface area contributed by atoms with Crippen LogP contribution in [0, 0.1) is 17.8 Å². The molecule has 4 atom stereocenters. The molecule has 0 bridgehead atoms.